The molecule has 5 unspecified atom stereocenters. The van der Waals surface area contributed by atoms with E-state index in [9.17, 15) is 20.1 Å². The fourth-order valence-electron chi connectivity index (χ4n) is 8.68. The summed E-state index contributed by atoms with van der Waals surface area (Å²) in [6, 6.07) is 0. The molecule has 0 radical (unpaired) electrons. The number of aliphatic carboxylic acids is 1. The molecule has 0 aromatic rings. The minimum Gasteiger partial charge on any atom is -0.481 e. The van der Waals surface area contributed by atoms with Crippen molar-refractivity contribution in [3.63, 3.8) is 0 Å². The molecule has 0 aromatic heterocycles. The third-order valence-corrected chi connectivity index (χ3v) is 10.3. The first-order valence-corrected chi connectivity index (χ1v) is 11.8. The Bertz CT molecular complexity index is 637. The first-order chi connectivity index (χ1) is 13.6. The van der Waals surface area contributed by atoms with E-state index in [1.165, 1.54) is 0 Å². The van der Waals surface area contributed by atoms with E-state index in [-0.39, 0.29) is 41.3 Å². The van der Waals surface area contributed by atoms with Gasteiger partial charge in [-0.1, -0.05) is 20.8 Å². The zero-order chi connectivity index (χ0) is 21.1. The van der Waals surface area contributed by atoms with Crippen molar-refractivity contribution < 1.29 is 25.2 Å². The summed E-state index contributed by atoms with van der Waals surface area (Å²) in [7, 11) is 0. The first-order valence-electron chi connectivity index (χ1n) is 11.8. The van der Waals surface area contributed by atoms with Crippen molar-refractivity contribution in [2.24, 2.45) is 46.3 Å². The molecule has 4 N–H and O–H groups in total. The molecule has 11 atom stereocenters. The molecule has 0 amide bonds. The van der Waals surface area contributed by atoms with Gasteiger partial charge >= 0.3 is 5.97 Å². The lowest BCUT2D eigenvalue weighted by molar-refractivity contribution is -0.207. The molecular formula is C24H40O5. The second-order valence-electron chi connectivity index (χ2n) is 11.4. The quantitative estimate of drug-likeness (QED) is 0.571. The molecule has 0 spiro atoms. The van der Waals surface area contributed by atoms with Crippen molar-refractivity contribution >= 4 is 5.97 Å². The Kier molecular flexibility index (Phi) is 5.57. The Labute approximate surface area is 174 Å². The number of aliphatic hydroxyl groups is 3. The van der Waals surface area contributed by atoms with Gasteiger partial charge < -0.3 is 20.4 Å². The van der Waals surface area contributed by atoms with Crippen LogP contribution in [0.2, 0.25) is 0 Å². The fourth-order valence-corrected chi connectivity index (χ4v) is 8.68. The molecule has 4 aliphatic carbocycles. The van der Waals surface area contributed by atoms with Crippen molar-refractivity contribution in [2.75, 3.05) is 0 Å². The molecule has 166 valence electrons. The van der Waals surface area contributed by atoms with Gasteiger partial charge in [-0.2, -0.15) is 0 Å². The summed E-state index contributed by atoms with van der Waals surface area (Å²) in [6.07, 6.45) is 6.00. The number of hydrogen-bond acceptors (Lipinski definition) is 4. The number of fused-ring (bicyclic) bond motifs is 5. The van der Waals surface area contributed by atoms with E-state index < -0.39 is 12.1 Å². The topological polar surface area (TPSA) is 98.0 Å². The number of rotatable bonds is 4. The Morgan fingerprint density at radius 2 is 1.76 bits per heavy atom. The smallest absolute Gasteiger partial charge is 0.303 e. The number of hydrogen-bond donors (Lipinski definition) is 4. The van der Waals surface area contributed by atoms with Crippen LogP contribution in [-0.2, 0) is 4.79 Å². The van der Waals surface area contributed by atoms with Crippen molar-refractivity contribution in [2.45, 2.75) is 96.9 Å². The summed E-state index contributed by atoms with van der Waals surface area (Å²) in [5.74, 6) is 0.997. The van der Waals surface area contributed by atoms with Gasteiger partial charge in [-0.3, -0.25) is 4.79 Å². The zero-order valence-corrected chi connectivity index (χ0v) is 18.3. The maximum Gasteiger partial charge on any atom is 0.303 e. The predicted molar refractivity (Wildman–Crippen MR) is 110 cm³/mol. The molecule has 4 saturated carbocycles. The van der Waals surface area contributed by atoms with Gasteiger partial charge in [-0.05, 0) is 97.7 Å². The van der Waals surface area contributed by atoms with Crippen molar-refractivity contribution in [3.05, 3.63) is 0 Å². The molecule has 4 rings (SSSR count). The van der Waals surface area contributed by atoms with E-state index in [1.54, 1.807) is 0 Å². The maximum atomic E-state index is 11.5. The third kappa shape index (κ3) is 3.27. The minimum atomic E-state index is -0.748. The van der Waals surface area contributed by atoms with Crippen LogP contribution in [0.3, 0.4) is 0 Å². The van der Waals surface area contributed by atoms with Crippen LogP contribution in [0.5, 0.6) is 0 Å². The van der Waals surface area contributed by atoms with E-state index in [4.69, 9.17) is 5.11 Å². The zero-order valence-electron chi connectivity index (χ0n) is 18.3. The van der Waals surface area contributed by atoms with E-state index in [0.29, 0.717) is 30.1 Å². The van der Waals surface area contributed by atoms with Crippen LogP contribution in [0.1, 0.15) is 78.6 Å². The molecule has 0 bridgehead atoms. The SMILES string of the molecule is CC(CCC(=O)O)C1CC[C@H]2C3[C@H](O)C[C@@H]4C[C@H](O)CCC4(C)[C@H]3C[C@H](O)C12C. The molecule has 0 saturated heterocycles. The highest BCUT2D eigenvalue weighted by molar-refractivity contribution is 5.66. The highest BCUT2D eigenvalue weighted by atomic mass is 16.4. The van der Waals surface area contributed by atoms with E-state index in [0.717, 1.165) is 44.9 Å². The summed E-state index contributed by atoms with van der Waals surface area (Å²) >= 11 is 0. The van der Waals surface area contributed by atoms with E-state index in [1.807, 2.05) is 0 Å². The summed E-state index contributed by atoms with van der Waals surface area (Å²) in [5.41, 5.74) is -0.143. The van der Waals surface area contributed by atoms with Gasteiger partial charge in [0, 0.05) is 6.42 Å². The van der Waals surface area contributed by atoms with Gasteiger partial charge in [0.25, 0.3) is 0 Å². The fraction of sp³-hybridized carbons (Fsp3) is 0.958. The van der Waals surface area contributed by atoms with Crippen molar-refractivity contribution in [1.82, 2.24) is 0 Å². The third-order valence-electron chi connectivity index (χ3n) is 10.3. The highest BCUT2D eigenvalue weighted by Crippen LogP contribution is 2.68. The predicted octanol–water partition coefficient (Wildman–Crippen LogP) is 3.45. The Morgan fingerprint density at radius 1 is 1.03 bits per heavy atom. The van der Waals surface area contributed by atoms with Crippen molar-refractivity contribution in [1.29, 1.82) is 0 Å². The van der Waals surface area contributed by atoms with Crippen LogP contribution >= 0.6 is 0 Å². The molecular weight excluding hydrogens is 368 g/mol. The van der Waals surface area contributed by atoms with Gasteiger partial charge in [0.15, 0.2) is 0 Å². The van der Waals surface area contributed by atoms with Crippen LogP contribution in [0.4, 0.5) is 0 Å². The molecule has 5 nitrogen and oxygen atoms in total. The molecule has 0 aliphatic heterocycles. The lowest BCUT2D eigenvalue weighted by Crippen LogP contribution is -2.62. The average Bonchev–Trinajstić information content (AvgIpc) is 3.01. The van der Waals surface area contributed by atoms with Crippen LogP contribution in [-0.4, -0.2) is 44.7 Å². The monoisotopic (exact) mass is 408 g/mol. The molecule has 29 heavy (non-hydrogen) atoms. The van der Waals surface area contributed by atoms with Crippen LogP contribution in [0, 0.1) is 46.3 Å². The molecule has 5 heteroatoms. The Morgan fingerprint density at radius 3 is 2.45 bits per heavy atom. The Balaban J connectivity index is 1.61. The number of carboxylic acids is 1. The van der Waals surface area contributed by atoms with Crippen molar-refractivity contribution in [3.8, 4) is 0 Å². The molecule has 0 aromatic carbocycles. The second-order valence-corrected chi connectivity index (χ2v) is 11.4. The van der Waals surface area contributed by atoms with Gasteiger partial charge in [0.05, 0.1) is 18.3 Å². The van der Waals surface area contributed by atoms with Gasteiger partial charge in [0.1, 0.15) is 0 Å². The lowest BCUT2D eigenvalue weighted by Gasteiger charge is -2.63. The van der Waals surface area contributed by atoms with Crippen LogP contribution in [0.15, 0.2) is 0 Å². The van der Waals surface area contributed by atoms with Crippen LogP contribution < -0.4 is 0 Å². The maximum absolute atomic E-state index is 11.5. The Hall–Kier alpha value is -0.650. The van der Waals surface area contributed by atoms with E-state index >= 15 is 0 Å². The standard InChI is InChI=1S/C24H40O5/c1-13(4-7-21(28)29)16-5-6-17-22-18(12-20(27)24(16,17)3)23(2)9-8-15(25)10-14(23)11-19(22)26/h13-20,22,25-27H,4-12H2,1-3H3,(H,28,29)/t13?,14-,15+,16?,17-,18-,19+,20-,22?,23?,24?/m0/s1. The average molecular weight is 409 g/mol. The van der Waals surface area contributed by atoms with Gasteiger partial charge in [0.2, 0.25) is 0 Å². The second kappa shape index (κ2) is 7.49. The molecule has 4 aliphatic rings. The molecule has 0 heterocycles. The summed E-state index contributed by atoms with van der Waals surface area (Å²) in [4.78, 5) is 11.1. The number of carbonyl (C=O) groups is 1. The highest BCUT2D eigenvalue weighted by Gasteiger charge is 2.65. The largest absolute Gasteiger partial charge is 0.481 e. The van der Waals surface area contributed by atoms with Gasteiger partial charge in [-0.25, -0.2) is 0 Å². The van der Waals surface area contributed by atoms with E-state index in [2.05, 4.69) is 20.8 Å². The van der Waals surface area contributed by atoms with Gasteiger partial charge in [-0.15, -0.1) is 0 Å². The summed E-state index contributed by atoms with van der Waals surface area (Å²) in [5, 5.41) is 42.0. The molecule has 4 fully saturated rings. The normalized spacial score (nSPS) is 52.9. The lowest BCUT2D eigenvalue weighted by atomic mass is 9.43. The first kappa shape index (κ1) is 21.6. The number of aliphatic hydroxyl groups excluding tert-OH is 3. The minimum absolute atomic E-state index is 0.0957. The van der Waals surface area contributed by atoms with Crippen LogP contribution in [0.25, 0.3) is 0 Å². The summed E-state index contributed by atoms with van der Waals surface area (Å²) in [6.45, 7) is 6.72. The summed E-state index contributed by atoms with van der Waals surface area (Å²) < 4.78 is 0. The number of carboxylic acid groups (broad SMARTS) is 1.